The fourth-order valence-electron chi connectivity index (χ4n) is 4.71. The summed E-state index contributed by atoms with van der Waals surface area (Å²) in [6.07, 6.45) is 0. The van der Waals surface area contributed by atoms with Crippen LogP contribution in [0.3, 0.4) is 0 Å². The van der Waals surface area contributed by atoms with Crippen LogP contribution in [0.4, 0.5) is 0 Å². The summed E-state index contributed by atoms with van der Waals surface area (Å²) in [4.78, 5) is 5.70. The lowest BCUT2D eigenvalue weighted by atomic mass is 9.77. The lowest BCUT2D eigenvalue weighted by Gasteiger charge is -2.53. The Balaban J connectivity index is 1.64. The Kier molecular flexibility index (Phi) is 6.13. The highest BCUT2D eigenvalue weighted by molar-refractivity contribution is 7.89. The molecule has 1 unspecified atom stereocenters. The van der Waals surface area contributed by atoms with Gasteiger partial charge >= 0.3 is 0 Å². The molecule has 1 saturated heterocycles. The van der Waals surface area contributed by atoms with Crippen LogP contribution in [0.25, 0.3) is 0 Å². The van der Waals surface area contributed by atoms with Crippen molar-refractivity contribution >= 4 is 15.7 Å². The van der Waals surface area contributed by atoms with Crippen molar-refractivity contribution in [2.24, 2.45) is 4.99 Å². The highest BCUT2D eigenvalue weighted by atomic mass is 32.2. The van der Waals surface area contributed by atoms with Crippen LogP contribution in [-0.2, 0) is 15.6 Å². The van der Waals surface area contributed by atoms with E-state index in [0.717, 1.165) is 28.0 Å². The molecule has 5 rings (SSSR count). The van der Waals surface area contributed by atoms with E-state index in [9.17, 15) is 8.42 Å². The monoisotopic (exact) mass is 480 g/mol. The second-order valence-electron chi connectivity index (χ2n) is 9.02. The second kappa shape index (κ2) is 9.25. The normalized spacial score (nSPS) is 20.1. The van der Waals surface area contributed by atoms with E-state index in [1.54, 1.807) is 16.4 Å². The molecule has 0 N–H and O–H groups in total. The third-order valence-corrected chi connectivity index (χ3v) is 8.76. The molecule has 1 heterocycles. The fraction of sp³-hybridized carbons (Fsp3) is 0.167. The first-order valence-electron chi connectivity index (χ1n) is 11.8. The summed E-state index contributed by atoms with van der Waals surface area (Å²) in [5.74, 6) is 0. The van der Waals surface area contributed by atoms with Gasteiger partial charge in [0, 0.05) is 17.7 Å². The van der Waals surface area contributed by atoms with E-state index >= 15 is 0 Å². The zero-order chi connectivity index (χ0) is 24.5. The van der Waals surface area contributed by atoms with Gasteiger partial charge in [-0.05, 0) is 31.5 Å². The Morgan fingerprint density at radius 1 is 0.771 bits per heavy atom. The lowest BCUT2D eigenvalue weighted by molar-refractivity contribution is 0.0807. The quantitative estimate of drug-likeness (QED) is 0.327. The number of rotatable bonds is 6. The standard InChI is InChI=1S/C30H28N2O2S/c1-23-18-20-28(21-19-23)35(33,34)32-22-30(24(32)2,27-16-10-5-11-17-27)31-29(25-12-6-3-7-13-25)26-14-8-4-9-15-26/h3-21,24H,22H2,1-2H3/t24-,30?/m0/s1. The Hall–Kier alpha value is -3.54. The Morgan fingerprint density at radius 3 is 1.74 bits per heavy atom. The average Bonchev–Trinajstić information content (AvgIpc) is 2.90. The third-order valence-electron chi connectivity index (χ3n) is 6.83. The molecule has 4 aromatic rings. The minimum Gasteiger partial charge on any atom is -0.270 e. The van der Waals surface area contributed by atoms with Crippen molar-refractivity contribution in [1.29, 1.82) is 0 Å². The topological polar surface area (TPSA) is 49.7 Å². The Bertz CT molecular complexity index is 1390. The van der Waals surface area contributed by atoms with Gasteiger partial charge in [-0.3, -0.25) is 4.99 Å². The highest BCUT2D eigenvalue weighted by Gasteiger charge is 2.56. The van der Waals surface area contributed by atoms with E-state index in [1.165, 1.54) is 0 Å². The second-order valence-corrected chi connectivity index (χ2v) is 10.9. The van der Waals surface area contributed by atoms with E-state index in [2.05, 4.69) is 24.3 Å². The molecule has 4 aromatic carbocycles. The van der Waals surface area contributed by atoms with E-state index < -0.39 is 15.6 Å². The molecule has 5 heteroatoms. The largest absolute Gasteiger partial charge is 0.270 e. The van der Waals surface area contributed by atoms with Gasteiger partial charge in [0.1, 0.15) is 5.54 Å². The smallest absolute Gasteiger partial charge is 0.243 e. The number of hydrogen-bond acceptors (Lipinski definition) is 3. The van der Waals surface area contributed by atoms with Crippen LogP contribution < -0.4 is 0 Å². The molecule has 0 radical (unpaired) electrons. The third kappa shape index (κ3) is 4.22. The molecule has 0 amide bonds. The molecule has 0 aromatic heterocycles. The van der Waals surface area contributed by atoms with Crippen LogP contribution in [0.15, 0.2) is 125 Å². The van der Waals surface area contributed by atoms with Crippen molar-refractivity contribution in [3.63, 3.8) is 0 Å². The van der Waals surface area contributed by atoms with Crippen molar-refractivity contribution in [2.75, 3.05) is 6.54 Å². The summed E-state index contributed by atoms with van der Waals surface area (Å²) < 4.78 is 28.7. The van der Waals surface area contributed by atoms with Crippen molar-refractivity contribution in [2.45, 2.75) is 30.3 Å². The predicted octanol–water partition coefficient (Wildman–Crippen LogP) is 5.82. The molecule has 0 saturated carbocycles. The SMILES string of the molecule is Cc1ccc(S(=O)(=O)N2CC(N=C(c3ccccc3)c3ccccc3)(c3ccccc3)[C@@H]2C)cc1. The molecule has 2 atom stereocenters. The van der Waals surface area contributed by atoms with Crippen LogP contribution in [0.5, 0.6) is 0 Å². The zero-order valence-corrected chi connectivity index (χ0v) is 20.7. The number of sulfonamides is 1. The summed E-state index contributed by atoms with van der Waals surface area (Å²) in [5, 5.41) is 0. The van der Waals surface area contributed by atoms with Crippen LogP contribution in [0.2, 0.25) is 0 Å². The van der Waals surface area contributed by atoms with Crippen LogP contribution in [-0.4, -0.2) is 31.0 Å². The van der Waals surface area contributed by atoms with Crippen LogP contribution >= 0.6 is 0 Å². The summed E-state index contributed by atoms with van der Waals surface area (Å²) in [5.41, 5.74) is 4.18. The van der Waals surface area contributed by atoms with Gasteiger partial charge in [0.25, 0.3) is 0 Å². The Morgan fingerprint density at radius 2 is 1.26 bits per heavy atom. The Labute approximate surface area is 207 Å². The highest BCUT2D eigenvalue weighted by Crippen LogP contribution is 2.45. The van der Waals surface area contributed by atoms with Crippen LogP contribution in [0.1, 0.15) is 29.2 Å². The fourth-order valence-corrected chi connectivity index (χ4v) is 6.42. The molecule has 176 valence electrons. The summed E-state index contributed by atoms with van der Waals surface area (Å²) in [6.45, 7) is 4.18. The van der Waals surface area contributed by atoms with E-state index in [1.807, 2.05) is 92.7 Å². The van der Waals surface area contributed by atoms with Gasteiger partial charge in [-0.1, -0.05) is 109 Å². The molecule has 1 aliphatic rings. The molecule has 1 aliphatic heterocycles. The van der Waals surface area contributed by atoms with E-state index in [0.29, 0.717) is 4.90 Å². The maximum absolute atomic E-state index is 13.6. The first-order valence-corrected chi connectivity index (χ1v) is 13.2. The number of aryl methyl sites for hydroxylation is 1. The maximum atomic E-state index is 13.6. The first-order chi connectivity index (χ1) is 16.9. The molecule has 35 heavy (non-hydrogen) atoms. The molecule has 0 bridgehead atoms. The number of hydrogen-bond donors (Lipinski definition) is 0. The maximum Gasteiger partial charge on any atom is 0.243 e. The van der Waals surface area contributed by atoms with Crippen LogP contribution in [0, 0.1) is 6.92 Å². The van der Waals surface area contributed by atoms with Gasteiger partial charge in [0.2, 0.25) is 10.0 Å². The van der Waals surface area contributed by atoms with Gasteiger partial charge in [-0.15, -0.1) is 0 Å². The van der Waals surface area contributed by atoms with Gasteiger partial charge < -0.3 is 0 Å². The molecule has 4 nitrogen and oxygen atoms in total. The number of aliphatic imine (C=N–C) groups is 1. The minimum atomic E-state index is -3.65. The van der Waals surface area contributed by atoms with Gasteiger partial charge in [0.15, 0.2) is 0 Å². The molecule has 0 spiro atoms. The minimum absolute atomic E-state index is 0.275. The summed E-state index contributed by atoms with van der Waals surface area (Å²) in [7, 11) is -3.65. The number of benzene rings is 4. The summed E-state index contributed by atoms with van der Waals surface area (Å²) >= 11 is 0. The first kappa shape index (κ1) is 23.2. The predicted molar refractivity (Wildman–Crippen MR) is 141 cm³/mol. The molecule has 0 aliphatic carbocycles. The van der Waals surface area contributed by atoms with Crippen molar-refractivity contribution in [1.82, 2.24) is 4.31 Å². The average molecular weight is 481 g/mol. The molecule has 1 fully saturated rings. The van der Waals surface area contributed by atoms with E-state index in [4.69, 9.17) is 4.99 Å². The van der Waals surface area contributed by atoms with Gasteiger partial charge in [0.05, 0.1) is 16.6 Å². The number of nitrogens with zero attached hydrogens (tertiary/aromatic N) is 2. The van der Waals surface area contributed by atoms with Crippen molar-refractivity contribution in [3.8, 4) is 0 Å². The zero-order valence-electron chi connectivity index (χ0n) is 19.9. The molecular formula is C30H28N2O2S. The van der Waals surface area contributed by atoms with Crippen molar-refractivity contribution < 1.29 is 8.42 Å². The van der Waals surface area contributed by atoms with Gasteiger partial charge in [-0.25, -0.2) is 8.42 Å². The van der Waals surface area contributed by atoms with Gasteiger partial charge in [-0.2, -0.15) is 4.31 Å². The van der Waals surface area contributed by atoms with E-state index in [-0.39, 0.29) is 12.6 Å². The molecular weight excluding hydrogens is 452 g/mol. The van der Waals surface area contributed by atoms with Crippen molar-refractivity contribution in [3.05, 3.63) is 138 Å². The summed E-state index contributed by atoms with van der Waals surface area (Å²) in [6, 6.07) is 36.9. The lowest BCUT2D eigenvalue weighted by Crippen LogP contribution is -2.66.